The average Bonchev–Trinajstić information content (AvgIpc) is 2.91. The molecule has 0 radical (unpaired) electrons. The highest BCUT2D eigenvalue weighted by Crippen LogP contribution is 2.29. The van der Waals surface area contributed by atoms with E-state index in [0.29, 0.717) is 0 Å². The van der Waals surface area contributed by atoms with Gasteiger partial charge in [-0.2, -0.15) is 0 Å². The number of aryl methyl sites for hydroxylation is 1. The van der Waals surface area contributed by atoms with Crippen molar-refractivity contribution in [1.82, 2.24) is 14.9 Å². The van der Waals surface area contributed by atoms with Crippen LogP contribution >= 0.6 is 22.9 Å². The van der Waals surface area contributed by atoms with E-state index in [1.807, 2.05) is 6.92 Å². The summed E-state index contributed by atoms with van der Waals surface area (Å²) in [6, 6.07) is 4.52. The molecule has 2 rings (SSSR count). The van der Waals surface area contributed by atoms with E-state index >= 15 is 0 Å². The third kappa shape index (κ3) is 2.48. The van der Waals surface area contributed by atoms with Crippen LogP contribution in [0.5, 0.6) is 0 Å². The molecule has 0 saturated heterocycles. The molecule has 1 atom stereocenters. The van der Waals surface area contributed by atoms with Crippen LogP contribution in [0.25, 0.3) is 0 Å². The zero-order valence-corrected chi connectivity index (χ0v) is 11.1. The molecule has 0 saturated carbocycles. The van der Waals surface area contributed by atoms with E-state index < -0.39 is 0 Å². The first-order chi connectivity index (χ1) is 7.83. The topological polar surface area (TPSA) is 37.8 Å². The van der Waals surface area contributed by atoms with E-state index in [1.165, 1.54) is 21.3 Å². The van der Waals surface area contributed by atoms with Gasteiger partial charge >= 0.3 is 0 Å². The second-order valence-electron chi connectivity index (χ2n) is 3.63. The number of hydrogen-bond donors (Lipinski definition) is 1. The highest BCUT2D eigenvalue weighted by Gasteiger charge is 2.19. The number of nitrogens with zero attached hydrogens (tertiary/aromatic N) is 2. The standard InChI is InChI=1S/C11H15N3S2/c1-3-6-12-10(9-5-4-7-15-9)11-8(2)13-14-16-11/h4-5,7,10,12H,3,6H2,1-2H3. The Kier molecular flexibility index (Phi) is 4.04. The van der Waals surface area contributed by atoms with Gasteiger partial charge in [0.05, 0.1) is 16.6 Å². The summed E-state index contributed by atoms with van der Waals surface area (Å²) in [5.41, 5.74) is 1.03. The number of nitrogens with one attached hydrogen (secondary N) is 1. The minimum atomic E-state index is 0.264. The quantitative estimate of drug-likeness (QED) is 0.890. The fraction of sp³-hybridized carbons (Fsp3) is 0.455. The lowest BCUT2D eigenvalue weighted by atomic mass is 10.1. The monoisotopic (exact) mass is 253 g/mol. The smallest absolute Gasteiger partial charge is 0.0800 e. The summed E-state index contributed by atoms with van der Waals surface area (Å²) in [7, 11) is 0. The predicted octanol–water partition coefficient (Wildman–Crippen LogP) is 3.00. The van der Waals surface area contributed by atoms with Crippen LogP contribution in [0.15, 0.2) is 17.5 Å². The molecule has 1 unspecified atom stereocenters. The van der Waals surface area contributed by atoms with Crippen molar-refractivity contribution < 1.29 is 0 Å². The van der Waals surface area contributed by atoms with Gasteiger partial charge in [-0.3, -0.25) is 0 Å². The lowest BCUT2D eigenvalue weighted by Gasteiger charge is -2.15. The summed E-state index contributed by atoms with van der Waals surface area (Å²) in [4.78, 5) is 2.57. The molecule has 3 nitrogen and oxygen atoms in total. The predicted molar refractivity (Wildman–Crippen MR) is 69.1 cm³/mol. The first-order valence-electron chi connectivity index (χ1n) is 5.38. The van der Waals surface area contributed by atoms with E-state index in [9.17, 15) is 0 Å². The van der Waals surface area contributed by atoms with Gasteiger partial charge in [-0.05, 0) is 42.9 Å². The maximum absolute atomic E-state index is 4.09. The van der Waals surface area contributed by atoms with Crippen LogP contribution in [0.3, 0.4) is 0 Å². The average molecular weight is 253 g/mol. The SMILES string of the molecule is CCCNC(c1cccs1)c1snnc1C. The molecule has 0 aliphatic rings. The van der Waals surface area contributed by atoms with Crippen LogP contribution in [-0.4, -0.2) is 16.1 Å². The normalized spacial score (nSPS) is 12.9. The molecule has 2 heterocycles. The van der Waals surface area contributed by atoms with Crippen molar-refractivity contribution in [2.75, 3.05) is 6.54 Å². The summed E-state index contributed by atoms with van der Waals surface area (Å²) in [6.07, 6.45) is 1.13. The number of aromatic nitrogens is 2. The highest BCUT2D eigenvalue weighted by atomic mass is 32.1. The minimum absolute atomic E-state index is 0.264. The molecule has 0 fully saturated rings. The number of rotatable bonds is 5. The van der Waals surface area contributed by atoms with Gasteiger partial charge in [0.15, 0.2) is 0 Å². The Hall–Kier alpha value is -0.780. The van der Waals surface area contributed by atoms with Gasteiger partial charge in [0, 0.05) is 4.88 Å². The molecule has 2 aromatic rings. The maximum atomic E-state index is 4.09. The van der Waals surface area contributed by atoms with E-state index in [2.05, 4.69) is 39.3 Å². The second kappa shape index (κ2) is 5.52. The number of hydrogen-bond acceptors (Lipinski definition) is 5. The molecule has 2 aromatic heterocycles. The van der Waals surface area contributed by atoms with Crippen molar-refractivity contribution in [3.8, 4) is 0 Å². The first kappa shape index (κ1) is 11.7. The molecular weight excluding hydrogens is 238 g/mol. The Morgan fingerprint density at radius 2 is 2.38 bits per heavy atom. The molecule has 0 aliphatic heterocycles. The summed E-state index contributed by atoms with van der Waals surface area (Å²) in [6.45, 7) is 5.21. The van der Waals surface area contributed by atoms with Crippen LogP contribution in [0.1, 0.15) is 34.8 Å². The molecule has 0 aromatic carbocycles. The molecule has 86 valence electrons. The van der Waals surface area contributed by atoms with Crippen molar-refractivity contribution in [1.29, 1.82) is 0 Å². The van der Waals surface area contributed by atoms with Gasteiger partial charge in [-0.25, -0.2) is 0 Å². The Morgan fingerprint density at radius 3 is 2.94 bits per heavy atom. The molecule has 1 N–H and O–H groups in total. The van der Waals surface area contributed by atoms with Crippen molar-refractivity contribution in [3.63, 3.8) is 0 Å². The molecule has 0 amide bonds. The zero-order valence-electron chi connectivity index (χ0n) is 9.43. The maximum Gasteiger partial charge on any atom is 0.0800 e. The molecular formula is C11H15N3S2. The van der Waals surface area contributed by atoms with E-state index in [0.717, 1.165) is 18.7 Å². The molecule has 16 heavy (non-hydrogen) atoms. The first-order valence-corrected chi connectivity index (χ1v) is 7.04. The van der Waals surface area contributed by atoms with E-state index in [4.69, 9.17) is 0 Å². The van der Waals surface area contributed by atoms with Crippen molar-refractivity contribution in [2.24, 2.45) is 0 Å². The fourth-order valence-electron chi connectivity index (χ4n) is 1.57. The molecule has 0 aliphatic carbocycles. The van der Waals surface area contributed by atoms with Crippen molar-refractivity contribution in [2.45, 2.75) is 26.3 Å². The summed E-state index contributed by atoms with van der Waals surface area (Å²) in [5, 5.41) is 9.76. The third-order valence-corrected chi connectivity index (χ3v) is 4.20. The Balaban J connectivity index is 2.25. The Labute approximate surface area is 104 Å². The van der Waals surface area contributed by atoms with Crippen LogP contribution in [0, 0.1) is 6.92 Å². The van der Waals surface area contributed by atoms with Gasteiger partial charge in [0.1, 0.15) is 0 Å². The zero-order chi connectivity index (χ0) is 11.4. The van der Waals surface area contributed by atoms with Crippen molar-refractivity contribution >= 4 is 22.9 Å². The third-order valence-electron chi connectivity index (χ3n) is 2.37. The van der Waals surface area contributed by atoms with Crippen LogP contribution in [0.4, 0.5) is 0 Å². The summed E-state index contributed by atoms with van der Waals surface area (Å²) in [5.74, 6) is 0. The van der Waals surface area contributed by atoms with Gasteiger partial charge in [-0.15, -0.1) is 16.4 Å². The van der Waals surface area contributed by atoms with Gasteiger partial charge in [0.25, 0.3) is 0 Å². The van der Waals surface area contributed by atoms with Crippen LogP contribution < -0.4 is 5.32 Å². The van der Waals surface area contributed by atoms with Gasteiger partial charge in [0.2, 0.25) is 0 Å². The van der Waals surface area contributed by atoms with Crippen LogP contribution in [-0.2, 0) is 0 Å². The minimum Gasteiger partial charge on any atom is -0.305 e. The lowest BCUT2D eigenvalue weighted by Crippen LogP contribution is -2.22. The molecule has 0 bridgehead atoms. The van der Waals surface area contributed by atoms with Crippen LogP contribution in [0.2, 0.25) is 0 Å². The van der Waals surface area contributed by atoms with Crippen molar-refractivity contribution in [3.05, 3.63) is 33.0 Å². The summed E-state index contributed by atoms with van der Waals surface area (Å²) < 4.78 is 4.02. The summed E-state index contributed by atoms with van der Waals surface area (Å²) >= 11 is 3.27. The second-order valence-corrected chi connectivity index (χ2v) is 5.39. The number of thiophene rings is 1. The molecule has 0 spiro atoms. The van der Waals surface area contributed by atoms with E-state index in [-0.39, 0.29) is 6.04 Å². The Morgan fingerprint density at radius 1 is 1.50 bits per heavy atom. The Bertz CT molecular complexity index is 422. The highest BCUT2D eigenvalue weighted by molar-refractivity contribution is 7.10. The lowest BCUT2D eigenvalue weighted by molar-refractivity contribution is 0.610. The fourth-order valence-corrected chi connectivity index (χ4v) is 3.19. The molecule has 5 heteroatoms. The van der Waals surface area contributed by atoms with Gasteiger partial charge < -0.3 is 5.32 Å². The van der Waals surface area contributed by atoms with E-state index in [1.54, 1.807) is 11.3 Å². The van der Waals surface area contributed by atoms with Gasteiger partial charge in [-0.1, -0.05) is 17.5 Å². The largest absolute Gasteiger partial charge is 0.305 e.